The van der Waals surface area contributed by atoms with Crippen molar-refractivity contribution in [2.75, 3.05) is 44.3 Å². The predicted molar refractivity (Wildman–Crippen MR) is 173 cm³/mol. The predicted octanol–water partition coefficient (Wildman–Crippen LogP) is 3.55. The van der Waals surface area contributed by atoms with Gasteiger partial charge in [0.25, 0.3) is 5.91 Å². The fraction of sp³-hybridized carbons (Fsp3) is 0.500. The quantitative estimate of drug-likeness (QED) is 0.317. The number of aromatic nitrogens is 1. The number of benzene rings is 1. The molecule has 4 aliphatic rings. The number of halogens is 1. The summed E-state index contributed by atoms with van der Waals surface area (Å²) in [6.07, 6.45) is 6.96. The first-order valence-corrected chi connectivity index (χ1v) is 18.5. The van der Waals surface area contributed by atoms with E-state index in [2.05, 4.69) is 15.2 Å². The molecule has 15 heteroatoms. The summed E-state index contributed by atoms with van der Waals surface area (Å²) in [6.45, 7) is 4.12. The van der Waals surface area contributed by atoms with Crippen molar-refractivity contribution in [3.63, 3.8) is 0 Å². The van der Waals surface area contributed by atoms with Crippen LogP contribution in [0.2, 0.25) is 0 Å². The van der Waals surface area contributed by atoms with Gasteiger partial charge in [0.1, 0.15) is 12.1 Å². The van der Waals surface area contributed by atoms with Gasteiger partial charge in [-0.15, -0.1) is 11.3 Å². The molecule has 0 unspecified atom stereocenters. The first-order chi connectivity index (χ1) is 22.6. The summed E-state index contributed by atoms with van der Waals surface area (Å²) < 4.78 is 31.8. The number of likely N-dealkylation sites (tertiary alicyclic amines) is 1. The van der Waals surface area contributed by atoms with Gasteiger partial charge in [-0.1, -0.05) is 6.07 Å². The molecule has 4 fully saturated rings. The number of pyridine rings is 1. The lowest BCUT2D eigenvalue weighted by Gasteiger charge is -2.44. The van der Waals surface area contributed by atoms with E-state index < -0.39 is 31.5 Å². The average molecular weight is 686 g/mol. The van der Waals surface area contributed by atoms with Crippen molar-refractivity contribution in [2.24, 2.45) is 0 Å². The van der Waals surface area contributed by atoms with Crippen LogP contribution in [0.15, 0.2) is 42.7 Å². The Hall–Kier alpha value is -3.42. The van der Waals surface area contributed by atoms with Gasteiger partial charge in [0, 0.05) is 66.5 Å². The Morgan fingerprint density at radius 3 is 2.64 bits per heavy atom. The number of anilines is 1. The van der Waals surface area contributed by atoms with E-state index in [4.69, 9.17) is 4.74 Å². The zero-order valence-electron chi connectivity index (χ0n) is 25.7. The molecule has 6 heterocycles. The van der Waals surface area contributed by atoms with Crippen LogP contribution in [-0.4, -0.2) is 99.8 Å². The van der Waals surface area contributed by atoms with E-state index in [1.807, 2.05) is 17.2 Å². The van der Waals surface area contributed by atoms with Crippen LogP contribution in [0.5, 0.6) is 0 Å². The summed E-state index contributed by atoms with van der Waals surface area (Å²) in [5, 5.41) is 3.35. The van der Waals surface area contributed by atoms with E-state index in [0.717, 1.165) is 54.9 Å². The van der Waals surface area contributed by atoms with Crippen LogP contribution >= 0.6 is 18.9 Å². The molecule has 0 spiro atoms. The van der Waals surface area contributed by atoms with E-state index in [0.29, 0.717) is 54.1 Å². The molecule has 4 atom stereocenters. The number of thiophene rings is 1. The first-order valence-electron chi connectivity index (χ1n) is 16.0. The minimum Gasteiger partial charge on any atom is -0.378 e. The summed E-state index contributed by atoms with van der Waals surface area (Å²) in [5.74, 6) is -3.05. The number of rotatable bonds is 7. The van der Waals surface area contributed by atoms with Gasteiger partial charge >= 0.3 is 7.60 Å². The Morgan fingerprint density at radius 2 is 1.87 bits per heavy atom. The maximum atomic E-state index is 14.3. The number of fused-ring (bicyclic) bond motifs is 2. The van der Waals surface area contributed by atoms with Crippen molar-refractivity contribution >= 4 is 52.4 Å². The Morgan fingerprint density at radius 1 is 1.09 bits per heavy atom. The maximum absolute atomic E-state index is 14.3. The SMILES string of the molecule is O=C(N[C@H]1CCC[C@H]2CC[C@@H](C(=O)N3CC(c4cnccc4N4CCOCC4)C3)N2C1=O)c1cc2cc([C@H](F)P(=O)(O)O)ccc2s1. The third kappa shape index (κ3) is 6.29. The molecule has 47 heavy (non-hydrogen) atoms. The highest BCUT2D eigenvalue weighted by Crippen LogP contribution is 2.53. The highest BCUT2D eigenvalue weighted by molar-refractivity contribution is 7.51. The number of ether oxygens (including phenoxy) is 1. The average Bonchev–Trinajstić information content (AvgIpc) is 3.64. The van der Waals surface area contributed by atoms with E-state index in [1.54, 1.807) is 11.1 Å². The van der Waals surface area contributed by atoms with Crippen molar-refractivity contribution in [3.8, 4) is 0 Å². The van der Waals surface area contributed by atoms with Gasteiger partial charge < -0.3 is 34.5 Å². The summed E-state index contributed by atoms with van der Waals surface area (Å²) in [7, 11) is -4.98. The second-order valence-electron chi connectivity index (χ2n) is 12.8. The minimum absolute atomic E-state index is 0.0490. The lowest BCUT2D eigenvalue weighted by atomic mass is 9.90. The number of nitrogens with one attached hydrogen (secondary N) is 1. The zero-order valence-corrected chi connectivity index (χ0v) is 27.4. The molecule has 12 nitrogen and oxygen atoms in total. The standard InChI is InChI=1S/C32H37FN5O7PS/c33-29(46(42,43)44)19-4-7-27-20(14-19)15-28(47-27)30(39)35-24-3-1-2-22-5-6-26(38(22)31(24)40)32(41)37-17-21(18-37)23-16-34-9-8-25(23)36-10-12-45-13-11-36/h4,7-9,14-16,21-22,24,26,29H,1-3,5-6,10-13,17-18H2,(H,35,39)(H2,42,43,44)/t22-,24-,26-,29+/m0/s1. The Kier molecular flexibility index (Phi) is 8.81. The van der Waals surface area contributed by atoms with Gasteiger partial charge in [-0.25, -0.2) is 4.39 Å². The topological polar surface area (TPSA) is 153 Å². The van der Waals surface area contributed by atoms with Crippen LogP contribution < -0.4 is 10.2 Å². The number of carbonyl (C=O) groups excluding carboxylic acids is 3. The third-order valence-corrected chi connectivity index (χ3v) is 11.8. The molecule has 1 aromatic carbocycles. The van der Waals surface area contributed by atoms with Crippen LogP contribution in [-0.2, 0) is 18.9 Å². The number of hydrogen-bond donors (Lipinski definition) is 3. The molecule has 2 aromatic heterocycles. The van der Waals surface area contributed by atoms with Crippen LogP contribution in [0.1, 0.15) is 64.7 Å². The Bertz CT molecular complexity index is 1740. The normalized spacial score (nSPS) is 24.5. The number of alkyl halides is 1. The molecular weight excluding hydrogens is 648 g/mol. The van der Waals surface area contributed by atoms with Gasteiger partial charge in [-0.3, -0.25) is 23.9 Å². The van der Waals surface area contributed by atoms with E-state index in [-0.39, 0.29) is 29.3 Å². The number of amides is 3. The van der Waals surface area contributed by atoms with Crippen molar-refractivity contribution in [1.29, 1.82) is 0 Å². The molecule has 7 rings (SSSR count). The number of hydrogen-bond acceptors (Lipinski definition) is 8. The van der Waals surface area contributed by atoms with Gasteiger partial charge in [0.15, 0.2) is 0 Å². The zero-order chi connectivity index (χ0) is 32.9. The fourth-order valence-electron chi connectivity index (χ4n) is 7.35. The lowest BCUT2D eigenvalue weighted by molar-refractivity contribution is -0.148. The van der Waals surface area contributed by atoms with Gasteiger partial charge in [0.2, 0.25) is 17.7 Å². The molecule has 3 N–H and O–H groups in total. The van der Waals surface area contributed by atoms with Crippen molar-refractivity contribution < 1.29 is 37.9 Å². The lowest BCUT2D eigenvalue weighted by Crippen LogP contribution is -2.58. The van der Waals surface area contributed by atoms with E-state index in [9.17, 15) is 33.1 Å². The summed E-state index contributed by atoms with van der Waals surface area (Å²) in [6, 6.07) is 6.30. The second-order valence-corrected chi connectivity index (χ2v) is 15.5. The molecule has 250 valence electrons. The number of morpholine rings is 1. The maximum Gasteiger partial charge on any atom is 0.363 e. The second kappa shape index (κ2) is 12.9. The van der Waals surface area contributed by atoms with Gasteiger partial charge in [-0.2, -0.15) is 0 Å². The highest BCUT2D eigenvalue weighted by Gasteiger charge is 2.48. The number of nitrogens with zero attached hydrogens (tertiary/aromatic N) is 4. The molecule has 3 aromatic rings. The molecule has 3 amide bonds. The monoisotopic (exact) mass is 685 g/mol. The third-order valence-electron chi connectivity index (χ3n) is 9.82. The van der Waals surface area contributed by atoms with Crippen LogP contribution in [0.3, 0.4) is 0 Å². The molecular formula is C32H37FN5O7PS. The van der Waals surface area contributed by atoms with E-state index >= 15 is 0 Å². The largest absolute Gasteiger partial charge is 0.378 e. The van der Waals surface area contributed by atoms with Crippen molar-refractivity contribution in [1.82, 2.24) is 20.1 Å². The smallest absolute Gasteiger partial charge is 0.363 e. The summed E-state index contributed by atoms with van der Waals surface area (Å²) >= 11 is 1.15. The fourth-order valence-corrected chi connectivity index (χ4v) is 8.85. The summed E-state index contributed by atoms with van der Waals surface area (Å²) in [4.78, 5) is 70.0. The molecule has 0 saturated carbocycles. The highest BCUT2D eigenvalue weighted by atomic mass is 32.1. The number of carbonyl (C=O) groups is 3. The molecule has 0 aliphatic carbocycles. The Balaban J connectivity index is 1.01. The van der Waals surface area contributed by atoms with Crippen LogP contribution in [0.4, 0.5) is 10.1 Å². The van der Waals surface area contributed by atoms with Crippen LogP contribution in [0.25, 0.3) is 10.1 Å². The molecule has 4 aliphatic heterocycles. The van der Waals surface area contributed by atoms with Crippen molar-refractivity contribution in [2.45, 2.75) is 62.1 Å². The Labute approximate surface area is 275 Å². The minimum atomic E-state index is -4.98. The molecule has 4 saturated heterocycles. The summed E-state index contributed by atoms with van der Waals surface area (Å²) in [5.41, 5.74) is 2.09. The van der Waals surface area contributed by atoms with E-state index in [1.165, 1.54) is 24.3 Å². The van der Waals surface area contributed by atoms with Crippen molar-refractivity contribution in [3.05, 3.63) is 58.7 Å². The molecule has 0 radical (unpaired) electrons. The van der Waals surface area contributed by atoms with Gasteiger partial charge in [0.05, 0.1) is 18.1 Å². The van der Waals surface area contributed by atoms with Gasteiger partial charge in [-0.05, 0) is 67.3 Å². The van der Waals surface area contributed by atoms with Crippen LogP contribution in [0, 0.1) is 0 Å². The molecule has 0 bridgehead atoms. The first kappa shape index (κ1) is 32.1.